The third-order valence-corrected chi connectivity index (χ3v) is 4.47. The number of anilines is 2. The molecule has 2 N–H and O–H groups in total. The first-order valence-corrected chi connectivity index (χ1v) is 8.96. The van der Waals surface area contributed by atoms with Gasteiger partial charge in [-0.05, 0) is 17.7 Å². The number of aromatic nitrogens is 3. The van der Waals surface area contributed by atoms with E-state index in [4.69, 9.17) is 4.74 Å². The zero-order chi connectivity index (χ0) is 18.5. The van der Waals surface area contributed by atoms with Crippen LogP contribution in [0.4, 0.5) is 11.6 Å². The van der Waals surface area contributed by atoms with Gasteiger partial charge in [-0.15, -0.1) is 10.2 Å². The molecule has 0 bridgehead atoms. The summed E-state index contributed by atoms with van der Waals surface area (Å²) < 4.78 is 5.38. The summed E-state index contributed by atoms with van der Waals surface area (Å²) in [6.07, 6.45) is 0. The van der Waals surface area contributed by atoms with Crippen molar-refractivity contribution in [2.24, 2.45) is 0 Å². The van der Waals surface area contributed by atoms with Crippen molar-refractivity contribution in [2.45, 2.75) is 6.54 Å². The molecule has 0 radical (unpaired) electrons. The second-order valence-electron chi connectivity index (χ2n) is 6.43. The minimum atomic E-state index is -0.275. The first kappa shape index (κ1) is 17.4. The van der Waals surface area contributed by atoms with Crippen LogP contribution < -0.4 is 10.9 Å². The minimum Gasteiger partial charge on any atom is -0.379 e. The molecule has 0 unspecified atom stereocenters. The van der Waals surface area contributed by atoms with Crippen molar-refractivity contribution in [1.82, 2.24) is 20.1 Å². The summed E-state index contributed by atoms with van der Waals surface area (Å²) >= 11 is 0. The van der Waals surface area contributed by atoms with Crippen molar-refractivity contribution in [3.63, 3.8) is 0 Å². The summed E-state index contributed by atoms with van der Waals surface area (Å²) in [4.78, 5) is 17.4. The molecular weight excluding hydrogens is 342 g/mol. The van der Waals surface area contributed by atoms with Gasteiger partial charge in [-0.2, -0.15) is 0 Å². The molecule has 1 fully saturated rings. The van der Waals surface area contributed by atoms with Crippen molar-refractivity contribution in [2.75, 3.05) is 31.6 Å². The number of rotatable bonds is 5. The lowest BCUT2D eigenvalue weighted by Crippen LogP contribution is -2.35. The summed E-state index contributed by atoms with van der Waals surface area (Å²) in [5.74, 6) is 0.320. The van der Waals surface area contributed by atoms with Crippen LogP contribution in [0.1, 0.15) is 5.56 Å². The average Bonchev–Trinajstić information content (AvgIpc) is 2.71. The highest BCUT2D eigenvalue weighted by Gasteiger charge is 2.11. The molecule has 7 nitrogen and oxygen atoms in total. The fraction of sp³-hybridized carbons (Fsp3) is 0.250. The molecule has 0 spiro atoms. The zero-order valence-corrected chi connectivity index (χ0v) is 14.9. The maximum absolute atomic E-state index is 12.3. The topological polar surface area (TPSA) is 83.1 Å². The molecule has 2 aromatic carbocycles. The van der Waals surface area contributed by atoms with E-state index in [1.807, 2.05) is 42.5 Å². The predicted molar refractivity (Wildman–Crippen MR) is 104 cm³/mol. The van der Waals surface area contributed by atoms with Crippen molar-refractivity contribution in [3.05, 3.63) is 70.5 Å². The van der Waals surface area contributed by atoms with Gasteiger partial charge in [-0.3, -0.25) is 14.7 Å². The van der Waals surface area contributed by atoms with Crippen LogP contribution in [-0.2, 0) is 11.3 Å². The molecule has 138 valence electrons. The number of hydrogen-bond donors (Lipinski definition) is 2. The molecule has 3 aromatic rings. The molecule has 0 aliphatic carbocycles. The van der Waals surface area contributed by atoms with E-state index >= 15 is 0 Å². The molecule has 1 aliphatic heterocycles. The maximum Gasteiger partial charge on any atom is 0.279 e. The number of aromatic amines is 1. The van der Waals surface area contributed by atoms with Crippen molar-refractivity contribution in [3.8, 4) is 11.3 Å². The monoisotopic (exact) mass is 363 g/mol. The van der Waals surface area contributed by atoms with Gasteiger partial charge in [-0.25, -0.2) is 0 Å². The molecule has 0 amide bonds. The molecule has 7 heteroatoms. The van der Waals surface area contributed by atoms with E-state index < -0.39 is 0 Å². The van der Waals surface area contributed by atoms with Crippen LogP contribution in [-0.4, -0.2) is 46.4 Å². The molecule has 1 saturated heterocycles. The summed E-state index contributed by atoms with van der Waals surface area (Å²) in [5, 5.41) is 11.2. The van der Waals surface area contributed by atoms with Crippen LogP contribution in [0, 0.1) is 0 Å². The van der Waals surface area contributed by atoms with Gasteiger partial charge in [0.15, 0.2) is 5.69 Å². The average molecular weight is 363 g/mol. The highest BCUT2D eigenvalue weighted by molar-refractivity contribution is 5.58. The van der Waals surface area contributed by atoms with Crippen molar-refractivity contribution >= 4 is 11.6 Å². The normalized spacial score (nSPS) is 14.8. The lowest BCUT2D eigenvalue weighted by atomic mass is 10.2. The summed E-state index contributed by atoms with van der Waals surface area (Å²) in [7, 11) is 0. The Labute approximate surface area is 157 Å². The molecule has 4 rings (SSSR count). The van der Waals surface area contributed by atoms with Crippen molar-refractivity contribution < 1.29 is 4.74 Å². The molecule has 27 heavy (non-hydrogen) atoms. The van der Waals surface area contributed by atoms with Gasteiger partial charge in [0.1, 0.15) is 0 Å². The molecule has 1 aromatic heterocycles. The minimum absolute atomic E-state index is 0.275. The van der Waals surface area contributed by atoms with E-state index in [1.165, 1.54) is 5.56 Å². The standard InChI is InChI=1S/C20H21N5O2/c26-19-18(16-4-2-1-3-5-16)23-24-20(22-19)21-17-8-6-15(7-9-17)14-25-10-12-27-13-11-25/h1-9H,10-14H2,(H2,21,22,24,26). The Morgan fingerprint density at radius 2 is 1.74 bits per heavy atom. The fourth-order valence-electron chi connectivity index (χ4n) is 3.03. The molecular formula is C20H21N5O2. The zero-order valence-electron chi connectivity index (χ0n) is 14.9. The largest absolute Gasteiger partial charge is 0.379 e. The number of ether oxygens (including phenoxy) is 1. The lowest BCUT2D eigenvalue weighted by molar-refractivity contribution is 0.0342. The van der Waals surface area contributed by atoms with E-state index in [-0.39, 0.29) is 5.56 Å². The summed E-state index contributed by atoms with van der Waals surface area (Å²) in [6.45, 7) is 4.43. The Balaban J connectivity index is 1.43. The first-order chi connectivity index (χ1) is 13.3. The van der Waals surface area contributed by atoms with Crippen molar-refractivity contribution in [1.29, 1.82) is 0 Å². The van der Waals surface area contributed by atoms with Crippen LogP contribution >= 0.6 is 0 Å². The van der Waals surface area contributed by atoms with E-state index in [1.54, 1.807) is 0 Å². The predicted octanol–water partition coefficient (Wildman–Crippen LogP) is 2.41. The molecule has 0 atom stereocenters. The Kier molecular flexibility index (Phi) is 5.22. The van der Waals surface area contributed by atoms with Gasteiger partial charge in [0.05, 0.1) is 13.2 Å². The lowest BCUT2D eigenvalue weighted by Gasteiger charge is -2.26. The summed E-state index contributed by atoms with van der Waals surface area (Å²) in [6, 6.07) is 17.4. The fourth-order valence-corrected chi connectivity index (χ4v) is 3.03. The van der Waals surface area contributed by atoms with E-state index in [9.17, 15) is 4.79 Å². The van der Waals surface area contributed by atoms with Gasteiger partial charge < -0.3 is 10.1 Å². The highest BCUT2D eigenvalue weighted by atomic mass is 16.5. The third-order valence-electron chi connectivity index (χ3n) is 4.47. The van der Waals surface area contributed by atoms with Crippen LogP contribution in [0.3, 0.4) is 0 Å². The second-order valence-corrected chi connectivity index (χ2v) is 6.43. The Hall–Kier alpha value is -3.03. The smallest absolute Gasteiger partial charge is 0.279 e. The van der Waals surface area contributed by atoms with E-state index in [0.717, 1.165) is 44.1 Å². The van der Waals surface area contributed by atoms with Gasteiger partial charge in [0.25, 0.3) is 5.56 Å². The number of benzene rings is 2. The van der Waals surface area contributed by atoms with Crippen LogP contribution in [0.2, 0.25) is 0 Å². The Morgan fingerprint density at radius 1 is 1.00 bits per heavy atom. The van der Waals surface area contributed by atoms with Gasteiger partial charge in [0, 0.05) is 30.9 Å². The molecule has 0 saturated carbocycles. The second kappa shape index (κ2) is 8.11. The Morgan fingerprint density at radius 3 is 2.44 bits per heavy atom. The quantitative estimate of drug-likeness (QED) is 0.724. The SMILES string of the molecule is O=c1[nH]c(Nc2ccc(CN3CCOCC3)cc2)nnc1-c1ccccc1. The number of H-pyrrole nitrogens is 1. The third kappa shape index (κ3) is 4.39. The van der Waals surface area contributed by atoms with Crippen LogP contribution in [0.5, 0.6) is 0 Å². The maximum atomic E-state index is 12.3. The van der Waals surface area contributed by atoms with Gasteiger partial charge >= 0.3 is 0 Å². The van der Waals surface area contributed by atoms with E-state index in [2.05, 4.69) is 37.5 Å². The number of morpholine rings is 1. The summed E-state index contributed by atoms with van der Waals surface area (Å²) in [5.41, 5.74) is 2.86. The number of nitrogens with zero attached hydrogens (tertiary/aromatic N) is 3. The van der Waals surface area contributed by atoms with Gasteiger partial charge in [0.2, 0.25) is 5.95 Å². The highest BCUT2D eigenvalue weighted by Crippen LogP contribution is 2.16. The molecule has 1 aliphatic rings. The number of hydrogen-bond acceptors (Lipinski definition) is 6. The Bertz CT molecular complexity index is 935. The first-order valence-electron chi connectivity index (χ1n) is 8.96. The van der Waals surface area contributed by atoms with Crippen LogP contribution in [0.25, 0.3) is 11.3 Å². The van der Waals surface area contributed by atoms with Crippen LogP contribution in [0.15, 0.2) is 59.4 Å². The van der Waals surface area contributed by atoms with E-state index in [0.29, 0.717) is 11.6 Å². The van der Waals surface area contributed by atoms with Gasteiger partial charge in [-0.1, -0.05) is 42.5 Å². The molecule has 2 heterocycles. The number of nitrogens with one attached hydrogen (secondary N) is 2.